The molecule has 0 aliphatic rings. The highest BCUT2D eigenvalue weighted by Crippen LogP contribution is 2.30. The Kier molecular flexibility index (Phi) is 7.58. The molecule has 0 radical (unpaired) electrons. The van der Waals surface area contributed by atoms with Gasteiger partial charge in [-0.1, -0.05) is 33.1 Å². The van der Waals surface area contributed by atoms with Gasteiger partial charge in [0.1, 0.15) is 0 Å². The summed E-state index contributed by atoms with van der Waals surface area (Å²) in [6, 6.07) is 5.41. The third kappa shape index (κ3) is 5.61. The summed E-state index contributed by atoms with van der Waals surface area (Å²) < 4.78 is 5.38. The minimum Gasteiger partial charge on any atom is -0.487 e. The first-order chi connectivity index (χ1) is 10.1. The molecule has 0 saturated heterocycles. The normalized spacial score (nSPS) is 12.0. The minimum atomic E-state index is -0.407. The smallest absolute Gasteiger partial charge is 0.311 e. The largest absolute Gasteiger partial charge is 0.487 e. The second-order valence-electron chi connectivity index (χ2n) is 5.14. The summed E-state index contributed by atoms with van der Waals surface area (Å²) in [5.41, 5.74) is 0.904. The van der Waals surface area contributed by atoms with Crippen molar-refractivity contribution in [3.05, 3.63) is 28.3 Å². The number of hydrogen-bond acceptors (Lipinski definition) is 4. The van der Waals surface area contributed by atoms with E-state index < -0.39 is 4.92 Å². The predicted molar refractivity (Wildman–Crippen MR) is 86.1 cm³/mol. The fraction of sp³-hybridized carbons (Fsp3) is 0.625. The molecule has 0 aliphatic heterocycles. The lowest BCUT2D eigenvalue weighted by Gasteiger charge is -2.19. The second-order valence-corrected chi connectivity index (χ2v) is 5.14. The second kappa shape index (κ2) is 9.21. The zero-order valence-corrected chi connectivity index (χ0v) is 13.2. The number of anilines is 1. The van der Waals surface area contributed by atoms with Crippen LogP contribution in [0.4, 0.5) is 11.4 Å². The van der Waals surface area contributed by atoms with Crippen LogP contribution in [-0.2, 0) is 0 Å². The van der Waals surface area contributed by atoms with E-state index in [-0.39, 0.29) is 5.69 Å². The Morgan fingerprint density at radius 1 is 1.24 bits per heavy atom. The molecule has 0 spiro atoms. The summed E-state index contributed by atoms with van der Waals surface area (Å²) in [6.07, 6.45) is 5.69. The summed E-state index contributed by atoms with van der Waals surface area (Å²) in [5.74, 6) is 0.332. The maximum Gasteiger partial charge on any atom is 0.311 e. The van der Waals surface area contributed by atoms with E-state index in [4.69, 9.17) is 4.74 Å². The van der Waals surface area contributed by atoms with Crippen molar-refractivity contribution >= 4 is 11.4 Å². The van der Waals surface area contributed by atoms with Crippen LogP contribution in [-0.4, -0.2) is 17.6 Å². The highest BCUT2D eigenvalue weighted by atomic mass is 16.6. The lowest BCUT2D eigenvalue weighted by molar-refractivity contribution is -0.385. The average Bonchev–Trinajstić information content (AvgIpc) is 2.45. The molecule has 0 amide bonds. The lowest BCUT2D eigenvalue weighted by Crippen LogP contribution is -2.19. The molecular formula is C16H26N2O3. The molecule has 1 N–H and O–H groups in total. The topological polar surface area (TPSA) is 64.4 Å². The van der Waals surface area contributed by atoms with Gasteiger partial charge in [-0.2, -0.15) is 0 Å². The quantitative estimate of drug-likeness (QED) is 0.499. The maximum atomic E-state index is 11.0. The van der Waals surface area contributed by atoms with Crippen molar-refractivity contribution < 1.29 is 9.66 Å². The van der Waals surface area contributed by atoms with Gasteiger partial charge in [0.15, 0.2) is 5.75 Å². The Morgan fingerprint density at radius 3 is 2.57 bits per heavy atom. The van der Waals surface area contributed by atoms with Gasteiger partial charge in [0.2, 0.25) is 0 Å². The highest BCUT2D eigenvalue weighted by molar-refractivity contribution is 5.58. The van der Waals surface area contributed by atoms with Crippen molar-refractivity contribution in [3.8, 4) is 5.75 Å². The monoisotopic (exact) mass is 294 g/mol. The molecule has 0 aromatic heterocycles. The molecule has 1 unspecified atom stereocenters. The standard InChI is InChI=1S/C16H26N2O3/c1-4-7-9-13(8-5-2)17-14-10-11-15(18(19)20)16(12-14)21-6-3/h10-13,17H,4-9H2,1-3H3. The Bertz CT molecular complexity index is 449. The van der Waals surface area contributed by atoms with E-state index in [2.05, 4.69) is 19.2 Å². The number of hydrogen-bond donors (Lipinski definition) is 1. The van der Waals surface area contributed by atoms with Gasteiger partial charge in [-0.05, 0) is 25.8 Å². The fourth-order valence-corrected chi connectivity index (χ4v) is 2.35. The summed E-state index contributed by atoms with van der Waals surface area (Å²) in [6.45, 7) is 6.59. The van der Waals surface area contributed by atoms with E-state index in [1.165, 1.54) is 18.9 Å². The van der Waals surface area contributed by atoms with Gasteiger partial charge in [-0.15, -0.1) is 0 Å². The van der Waals surface area contributed by atoms with Crippen LogP contribution < -0.4 is 10.1 Å². The van der Waals surface area contributed by atoms with Crippen molar-refractivity contribution in [1.82, 2.24) is 0 Å². The van der Waals surface area contributed by atoms with E-state index in [9.17, 15) is 10.1 Å². The Labute approximate surface area is 126 Å². The van der Waals surface area contributed by atoms with E-state index in [1.54, 1.807) is 12.1 Å². The number of benzene rings is 1. The lowest BCUT2D eigenvalue weighted by atomic mass is 10.0. The molecule has 1 atom stereocenters. The first-order valence-corrected chi connectivity index (χ1v) is 7.80. The summed E-state index contributed by atoms with van der Waals surface area (Å²) in [4.78, 5) is 10.6. The van der Waals surface area contributed by atoms with Crippen molar-refractivity contribution in [2.45, 2.75) is 58.9 Å². The number of rotatable bonds is 10. The first-order valence-electron chi connectivity index (χ1n) is 7.80. The third-order valence-electron chi connectivity index (χ3n) is 3.37. The number of unbranched alkanes of at least 4 members (excludes halogenated alkanes) is 1. The molecule has 21 heavy (non-hydrogen) atoms. The van der Waals surface area contributed by atoms with Crippen LogP contribution in [0.15, 0.2) is 18.2 Å². The van der Waals surface area contributed by atoms with Gasteiger partial charge >= 0.3 is 5.69 Å². The van der Waals surface area contributed by atoms with Gasteiger partial charge in [0.25, 0.3) is 0 Å². The zero-order chi connectivity index (χ0) is 15.7. The molecule has 1 rings (SSSR count). The van der Waals surface area contributed by atoms with Crippen molar-refractivity contribution in [2.75, 3.05) is 11.9 Å². The molecule has 0 fully saturated rings. The van der Waals surface area contributed by atoms with Crippen molar-refractivity contribution in [1.29, 1.82) is 0 Å². The molecule has 118 valence electrons. The van der Waals surface area contributed by atoms with Crippen LogP contribution in [0.1, 0.15) is 52.9 Å². The molecular weight excluding hydrogens is 268 g/mol. The van der Waals surface area contributed by atoms with Gasteiger partial charge < -0.3 is 10.1 Å². The predicted octanol–water partition coefficient (Wildman–Crippen LogP) is 4.76. The van der Waals surface area contributed by atoms with Gasteiger partial charge in [-0.3, -0.25) is 10.1 Å². The fourth-order valence-electron chi connectivity index (χ4n) is 2.35. The molecule has 1 aromatic carbocycles. The SMILES string of the molecule is CCCCC(CCC)Nc1ccc([N+](=O)[O-])c(OCC)c1. The zero-order valence-electron chi connectivity index (χ0n) is 13.2. The third-order valence-corrected chi connectivity index (χ3v) is 3.37. The summed E-state index contributed by atoms with van der Waals surface area (Å²) in [5, 5.41) is 14.5. The Morgan fingerprint density at radius 2 is 2.00 bits per heavy atom. The molecule has 0 heterocycles. The molecule has 0 saturated carbocycles. The van der Waals surface area contributed by atoms with Gasteiger partial charge in [0.05, 0.1) is 11.5 Å². The van der Waals surface area contributed by atoms with Crippen LogP contribution in [0.2, 0.25) is 0 Å². The first kappa shape index (κ1) is 17.3. The molecule has 0 aliphatic carbocycles. The van der Waals surface area contributed by atoms with Crippen molar-refractivity contribution in [2.24, 2.45) is 0 Å². The average molecular weight is 294 g/mol. The molecule has 1 aromatic rings. The van der Waals surface area contributed by atoms with Crippen LogP contribution in [0, 0.1) is 10.1 Å². The number of nitro groups is 1. The molecule has 5 nitrogen and oxygen atoms in total. The highest BCUT2D eigenvalue weighted by Gasteiger charge is 2.16. The van der Waals surface area contributed by atoms with Crippen molar-refractivity contribution in [3.63, 3.8) is 0 Å². The number of nitrogens with zero attached hydrogens (tertiary/aromatic N) is 1. The number of nitrogens with one attached hydrogen (secondary N) is 1. The summed E-state index contributed by atoms with van der Waals surface area (Å²) in [7, 11) is 0. The van der Waals surface area contributed by atoms with Crippen LogP contribution in [0.5, 0.6) is 5.75 Å². The Balaban J connectivity index is 2.85. The molecule has 5 heteroatoms. The Hall–Kier alpha value is -1.78. The van der Waals surface area contributed by atoms with Gasteiger partial charge in [-0.25, -0.2) is 0 Å². The maximum absolute atomic E-state index is 11.0. The number of ether oxygens (including phenoxy) is 1. The van der Waals surface area contributed by atoms with E-state index in [0.29, 0.717) is 18.4 Å². The van der Waals surface area contributed by atoms with Crippen LogP contribution in [0.25, 0.3) is 0 Å². The van der Waals surface area contributed by atoms with E-state index in [0.717, 1.165) is 24.9 Å². The van der Waals surface area contributed by atoms with Crippen LogP contribution >= 0.6 is 0 Å². The minimum absolute atomic E-state index is 0.0167. The van der Waals surface area contributed by atoms with Crippen LogP contribution in [0.3, 0.4) is 0 Å². The number of nitro benzene ring substituents is 1. The summed E-state index contributed by atoms with van der Waals surface area (Å²) >= 11 is 0. The van der Waals surface area contributed by atoms with E-state index in [1.807, 2.05) is 6.92 Å². The van der Waals surface area contributed by atoms with Gasteiger partial charge in [0, 0.05) is 23.9 Å². The van der Waals surface area contributed by atoms with E-state index >= 15 is 0 Å². The molecule has 0 bridgehead atoms.